The molecule has 1 aliphatic heterocycles. The van der Waals surface area contributed by atoms with Gasteiger partial charge in [0, 0.05) is 20.1 Å². The Kier molecular flexibility index (Phi) is 8.28. The van der Waals surface area contributed by atoms with Crippen LogP contribution in [0.15, 0.2) is 29.3 Å². The Morgan fingerprint density at radius 1 is 1.38 bits per heavy atom. The van der Waals surface area contributed by atoms with Gasteiger partial charge in [-0.25, -0.2) is 0 Å². The molecule has 0 bridgehead atoms. The van der Waals surface area contributed by atoms with Crippen molar-refractivity contribution in [2.75, 3.05) is 33.3 Å². The maximum absolute atomic E-state index is 12.3. The standard InChI is InChI=1S/C16H22F3N3O.HI/c1-12-5-3-4-6-13(12)14-11-22(9-10-23-14)15(20-2)21-8-7-16(17,18)19;/h3-6,14H,7-11H2,1-2H3,(H,20,21);1H. The number of nitrogens with one attached hydrogen (secondary N) is 1. The summed E-state index contributed by atoms with van der Waals surface area (Å²) in [7, 11) is 1.58. The molecule has 1 unspecified atom stereocenters. The van der Waals surface area contributed by atoms with E-state index in [2.05, 4.69) is 10.3 Å². The molecule has 0 amide bonds. The van der Waals surface area contributed by atoms with Gasteiger partial charge < -0.3 is 15.0 Å². The predicted octanol–water partition coefficient (Wildman–Crippen LogP) is 3.51. The lowest BCUT2D eigenvalue weighted by Crippen LogP contribution is -2.48. The molecule has 136 valence electrons. The van der Waals surface area contributed by atoms with Crippen LogP contribution >= 0.6 is 24.0 Å². The number of morpholine rings is 1. The summed E-state index contributed by atoms with van der Waals surface area (Å²) < 4.78 is 42.6. The molecule has 24 heavy (non-hydrogen) atoms. The molecule has 2 rings (SSSR count). The quantitative estimate of drug-likeness (QED) is 0.429. The summed E-state index contributed by atoms with van der Waals surface area (Å²) in [5.74, 6) is 0.483. The van der Waals surface area contributed by atoms with Gasteiger partial charge in [-0.15, -0.1) is 24.0 Å². The summed E-state index contributed by atoms with van der Waals surface area (Å²) >= 11 is 0. The number of alkyl halides is 3. The van der Waals surface area contributed by atoms with Crippen LogP contribution < -0.4 is 5.32 Å². The Labute approximate surface area is 157 Å². The van der Waals surface area contributed by atoms with E-state index in [1.54, 1.807) is 7.05 Å². The third-order valence-electron chi connectivity index (χ3n) is 3.80. The van der Waals surface area contributed by atoms with Crippen molar-refractivity contribution in [3.8, 4) is 0 Å². The first-order valence-electron chi connectivity index (χ1n) is 7.60. The molecule has 4 nitrogen and oxygen atoms in total. The Bertz CT molecular complexity index is 552. The van der Waals surface area contributed by atoms with Crippen molar-refractivity contribution in [2.45, 2.75) is 25.6 Å². The monoisotopic (exact) mass is 457 g/mol. The molecule has 1 fully saturated rings. The molecular weight excluding hydrogens is 434 g/mol. The maximum atomic E-state index is 12.3. The second-order valence-corrected chi connectivity index (χ2v) is 5.50. The molecule has 0 radical (unpaired) electrons. The fourth-order valence-corrected chi connectivity index (χ4v) is 2.63. The van der Waals surface area contributed by atoms with Crippen LogP contribution in [0.2, 0.25) is 0 Å². The summed E-state index contributed by atoms with van der Waals surface area (Å²) in [5.41, 5.74) is 2.24. The first kappa shape index (κ1) is 21.0. The highest BCUT2D eigenvalue weighted by Crippen LogP contribution is 2.25. The van der Waals surface area contributed by atoms with Crippen LogP contribution in [0.4, 0.5) is 13.2 Å². The number of aliphatic imine (C=N–C) groups is 1. The number of ether oxygens (including phenoxy) is 1. The summed E-state index contributed by atoms with van der Waals surface area (Å²) in [6, 6.07) is 7.97. The van der Waals surface area contributed by atoms with Gasteiger partial charge in [-0.05, 0) is 18.1 Å². The number of aryl methyl sites for hydroxylation is 1. The van der Waals surface area contributed by atoms with Crippen molar-refractivity contribution in [1.82, 2.24) is 10.2 Å². The molecule has 0 saturated carbocycles. The van der Waals surface area contributed by atoms with Crippen molar-refractivity contribution in [3.05, 3.63) is 35.4 Å². The number of guanidine groups is 1. The van der Waals surface area contributed by atoms with Crippen molar-refractivity contribution in [2.24, 2.45) is 4.99 Å². The zero-order valence-corrected chi connectivity index (χ0v) is 16.1. The molecule has 1 aromatic rings. The van der Waals surface area contributed by atoms with Crippen LogP contribution in [0.3, 0.4) is 0 Å². The van der Waals surface area contributed by atoms with E-state index in [0.717, 1.165) is 11.1 Å². The molecule has 1 saturated heterocycles. The largest absolute Gasteiger partial charge is 0.390 e. The Balaban J connectivity index is 0.00000288. The van der Waals surface area contributed by atoms with E-state index >= 15 is 0 Å². The molecule has 1 atom stereocenters. The molecule has 1 aliphatic rings. The molecule has 0 aromatic heterocycles. The van der Waals surface area contributed by atoms with Crippen molar-refractivity contribution >= 4 is 29.9 Å². The predicted molar refractivity (Wildman–Crippen MR) is 98.9 cm³/mol. The van der Waals surface area contributed by atoms with Crippen LogP contribution in [-0.4, -0.2) is 50.3 Å². The zero-order chi connectivity index (χ0) is 16.9. The average Bonchev–Trinajstić information content (AvgIpc) is 2.51. The van der Waals surface area contributed by atoms with E-state index in [1.165, 1.54) is 0 Å². The first-order chi connectivity index (χ1) is 10.9. The highest BCUT2D eigenvalue weighted by Gasteiger charge is 2.28. The van der Waals surface area contributed by atoms with E-state index in [4.69, 9.17) is 4.74 Å². The number of hydrogen-bond acceptors (Lipinski definition) is 2. The molecule has 1 aromatic carbocycles. The minimum Gasteiger partial charge on any atom is -0.370 e. The summed E-state index contributed by atoms with van der Waals surface area (Å²) in [6.45, 7) is 3.53. The number of halogens is 4. The van der Waals surface area contributed by atoms with E-state index in [1.807, 2.05) is 36.1 Å². The summed E-state index contributed by atoms with van der Waals surface area (Å²) in [4.78, 5) is 6.03. The first-order valence-corrected chi connectivity index (χ1v) is 7.60. The molecular formula is C16H23F3IN3O. The highest BCUT2D eigenvalue weighted by molar-refractivity contribution is 14.0. The van der Waals surface area contributed by atoms with Crippen molar-refractivity contribution < 1.29 is 17.9 Å². The normalized spacial score (nSPS) is 19.0. The van der Waals surface area contributed by atoms with Gasteiger partial charge in [0.2, 0.25) is 0 Å². The molecule has 1 heterocycles. The topological polar surface area (TPSA) is 36.9 Å². The maximum Gasteiger partial charge on any atom is 0.390 e. The smallest absolute Gasteiger partial charge is 0.370 e. The number of hydrogen-bond donors (Lipinski definition) is 1. The second kappa shape index (κ2) is 9.45. The molecule has 0 spiro atoms. The van der Waals surface area contributed by atoms with Crippen molar-refractivity contribution in [3.63, 3.8) is 0 Å². The van der Waals surface area contributed by atoms with Gasteiger partial charge in [-0.3, -0.25) is 4.99 Å². The SMILES string of the molecule is CN=C(NCCC(F)(F)F)N1CCOC(c2ccccc2C)C1.I. The van der Waals surface area contributed by atoms with E-state index in [-0.39, 0.29) is 36.6 Å². The second-order valence-electron chi connectivity index (χ2n) is 5.50. The number of benzene rings is 1. The third kappa shape index (κ3) is 6.12. The number of rotatable bonds is 3. The lowest BCUT2D eigenvalue weighted by atomic mass is 10.0. The van der Waals surface area contributed by atoms with Crippen LogP contribution in [0.5, 0.6) is 0 Å². The molecule has 1 N–H and O–H groups in total. The van der Waals surface area contributed by atoms with E-state index in [9.17, 15) is 13.2 Å². The van der Waals surface area contributed by atoms with Gasteiger partial charge in [-0.2, -0.15) is 13.2 Å². The minimum atomic E-state index is -4.17. The van der Waals surface area contributed by atoms with Crippen LogP contribution in [0.25, 0.3) is 0 Å². The Morgan fingerprint density at radius 2 is 2.08 bits per heavy atom. The fraction of sp³-hybridized carbons (Fsp3) is 0.562. The zero-order valence-electron chi connectivity index (χ0n) is 13.8. The van der Waals surface area contributed by atoms with Gasteiger partial charge in [0.1, 0.15) is 6.10 Å². The van der Waals surface area contributed by atoms with Gasteiger partial charge in [0.25, 0.3) is 0 Å². The van der Waals surface area contributed by atoms with Crippen molar-refractivity contribution in [1.29, 1.82) is 0 Å². The van der Waals surface area contributed by atoms with E-state index < -0.39 is 12.6 Å². The lowest BCUT2D eigenvalue weighted by molar-refractivity contribution is -0.132. The number of nitrogens with zero attached hydrogens (tertiary/aromatic N) is 2. The Hall–Kier alpha value is -1.03. The average molecular weight is 457 g/mol. The van der Waals surface area contributed by atoms with Crippen LogP contribution in [0, 0.1) is 6.92 Å². The van der Waals surface area contributed by atoms with Gasteiger partial charge in [-0.1, -0.05) is 24.3 Å². The fourth-order valence-electron chi connectivity index (χ4n) is 2.63. The molecule has 0 aliphatic carbocycles. The third-order valence-corrected chi connectivity index (χ3v) is 3.80. The van der Waals surface area contributed by atoms with Crippen LogP contribution in [-0.2, 0) is 4.74 Å². The van der Waals surface area contributed by atoms with Gasteiger partial charge in [0.15, 0.2) is 5.96 Å². The van der Waals surface area contributed by atoms with Gasteiger partial charge >= 0.3 is 6.18 Å². The Morgan fingerprint density at radius 3 is 2.71 bits per heavy atom. The summed E-state index contributed by atoms with van der Waals surface area (Å²) in [6.07, 6.45) is -5.15. The lowest BCUT2D eigenvalue weighted by Gasteiger charge is -2.35. The van der Waals surface area contributed by atoms with Crippen LogP contribution in [0.1, 0.15) is 23.7 Å². The molecule has 8 heteroatoms. The van der Waals surface area contributed by atoms with Gasteiger partial charge in [0.05, 0.1) is 19.6 Å². The highest BCUT2D eigenvalue weighted by atomic mass is 127. The summed E-state index contributed by atoms with van der Waals surface area (Å²) in [5, 5.41) is 2.78. The minimum absolute atomic E-state index is 0. The van der Waals surface area contributed by atoms with E-state index in [0.29, 0.717) is 25.7 Å².